The Morgan fingerprint density at radius 2 is 1.30 bits per heavy atom. The average Bonchev–Trinajstić information content (AvgIpc) is 2.92. The second-order valence-electron chi connectivity index (χ2n) is 11.3. The van der Waals surface area contributed by atoms with Crippen LogP contribution in [0.3, 0.4) is 0 Å². The Kier molecular flexibility index (Phi) is 7.44. The molecule has 1 aliphatic carbocycles. The molecule has 0 aliphatic heterocycles. The maximum atomic E-state index is 13.8. The number of phenols is 2. The van der Waals surface area contributed by atoms with E-state index in [9.17, 15) is 20.1 Å². The van der Waals surface area contributed by atoms with Gasteiger partial charge < -0.3 is 25.1 Å². The van der Waals surface area contributed by atoms with Gasteiger partial charge in [0.2, 0.25) is 0 Å². The summed E-state index contributed by atoms with van der Waals surface area (Å²) in [6.07, 6.45) is 0. The van der Waals surface area contributed by atoms with Crippen LogP contribution in [0, 0.1) is 11.8 Å². The lowest BCUT2D eigenvalue weighted by atomic mass is 9.81. The van der Waals surface area contributed by atoms with E-state index >= 15 is 0 Å². The van der Waals surface area contributed by atoms with Crippen LogP contribution in [0.1, 0.15) is 33.3 Å². The number of hydrogen-bond acceptors (Lipinski definition) is 6. The summed E-state index contributed by atoms with van der Waals surface area (Å²) in [6.45, 7) is 9.97. The van der Waals surface area contributed by atoms with Crippen molar-refractivity contribution in [2.45, 2.75) is 33.7 Å². The van der Waals surface area contributed by atoms with Crippen molar-refractivity contribution >= 4 is 39.2 Å². The van der Waals surface area contributed by atoms with Crippen molar-refractivity contribution in [1.29, 1.82) is 0 Å². The summed E-state index contributed by atoms with van der Waals surface area (Å²) in [5.74, 6) is -0.298. The number of rotatable bonds is 9. The molecule has 0 radical (unpaired) electrons. The van der Waals surface area contributed by atoms with Crippen LogP contribution in [-0.2, 0) is 4.79 Å². The zero-order valence-corrected chi connectivity index (χ0v) is 23.4. The highest BCUT2D eigenvalue weighted by molar-refractivity contribution is 6.34. The molecular weight excluding hydrogens is 500 g/mol. The van der Waals surface area contributed by atoms with E-state index in [1.807, 2.05) is 77.7 Å². The quantitative estimate of drug-likeness (QED) is 0.206. The minimum absolute atomic E-state index is 0.0394. The summed E-state index contributed by atoms with van der Waals surface area (Å²) in [5, 5.41) is 35.5. The molecule has 6 heteroatoms. The van der Waals surface area contributed by atoms with Crippen LogP contribution in [0.15, 0.2) is 90.7 Å². The Bertz CT molecular complexity index is 1540. The topological polar surface area (TPSA) is 84.2 Å². The number of aliphatic hydroxyl groups is 1. The molecule has 0 heterocycles. The summed E-state index contributed by atoms with van der Waals surface area (Å²) < 4.78 is 0. The van der Waals surface area contributed by atoms with Crippen molar-refractivity contribution in [3.8, 4) is 11.5 Å². The van der Waals surface area contributed by atoms with Crippen LogP contribution in [0.4, 0.5) is 17.1 Å². The lowest BCUT2D eigenvalue weighted by Gasteiger charge is -2.39. The number of carbonyl (C=O) groups excluding carboxylic acids is 1. The molecule has 5 rings (SSSR count). The predicted molar refractivity (Wildman–Crippen MR) is 163 cm³/mol. The van der Waals surface area contributed by atoms with Gasteiger partial charge in [0, 0.05) is 42.0 Å². The molecule has 0 saturated carbocycles. The largest absolute Gasteiger partial charge is 0.509 e. The van der Waals surface area contributed by atoms with Crippen LogP contribution < -0.4 is 9.80 Å². The summed E-state index contributed by atoms with van der Waals surface area (Å²) >= 11 is 0. The SMILES string of the molecule is CC(C)CN(CC(C)C)c1cc(O)c(C2=C(O)C(N(c3ccccc3)c3cccc4ccccc34)C2=O)c(O)c1. The van der Waals surface area contributed by atoms with E-state index in [2.05, 4.69) is 32.6 Å². The lowest BCUT2D eigenvalue weighted by Crippen LogP contribution is -2.47. The Labute approximate surface area is 235 Å². The molecule has 3 N–H and O–H groups in total. The number of aromatic hydroxyl groups is 2. The highest BCUT2D eigenvalue weighted by Crippen LogP contribution is 2.48. The van der Waals surface area contributed by atoms with Crippen molar-refractivity contribution in [3.05, 3.63) is 96.3 Å². The maximum absolute atomic E-state index is 13.8. The molecule has 4 aromatic rings. The number of Topliss-reactive ketones (excluding diaryl/α,β-unsaturated/α-hetero) is 1. The molecule has 1 atom stereocenters. The van der Waals surface area contributed by atoms with Gasteiger partial charge in [-0.15, -0.1) is 0 Å². The molecule has 0 fully saturated rings. The minimum atomic E-state index is -1.000. The van der Waals surface area contributed by atoms with Crippen LogP contribution in [0.5, 0.6) is 11.5 Å². The number of carbonyl (C=O) groups is 1. The molecule has 0 aromatic heterocycles. The van der Waals surface area contributed by atoms with Crippen molar-refractivity contribution in [3.63, 3.8) is 0 Å². The van der Waals surface area contributed by atoms with Gasteiger partial charge in [0.15, 0.2) is 11.8 Å². The zero-order chi connectivity index (χ0) is 28.6. The molecule has 40 heavy (non-hydrogen) atoms. The van der Waals surface area contributed by atoms with Crippen molar-refractivity contribution < 1.29 is 20.1 Å². The van der Waals surface area contributed by atoms with Crippen LogP contribution in [0.25, 0.3) is 16.3 Å². The van der Waals surface area contributed by atoms with E-state index in [0.717, 1.165) is 35.2 Å². The minimum Gasteiger partial charge on any atom is -0.509 e. The molecular formula is C34H36N2O4. The molecule has 0 spiro atoms. The number of anilines is 3. The molecule has 6 nitrogen and oxygen atoms in total. The number of aliphatic hydroxyl groups excluding tert-OH is 1. The van der Waals surface area contributed by atoms with Crippen molar-refractivity contribution in [2.75, 3.05) is 22.9 Å². The highest BCUT2D eigenvalue weighted by atomic mass is 16.3. The second kappa shape index (κ2) is 11.0. The van der Waals surface area contributed by atoms with E-state index in [1.165, 1.54) is 0 Å². The third kappa shape index (κ3) is 4.97. The fourth-order valence-corrected chi connectivity index (χ4v) is 5.57. The van der Waals surface area contributed by atoms with E-state index in [0.29, 0.717) is 17.5 Å². The number of para-hydroxylation sites is 1. The maximum Gasteiger partial charge on any atom is 0.197 e. The Morgan fingerprint density at radius 3 is 1.90 bits per heavy atom. The Balaban J connectivity index is 1.59. The third-order valence-electron chi connectivity index (χ3n) is 7.20. The van der Waals surface area contributed by atoms with Crippen molar-refractivity contribution in [2.24, 2.45) is 11.8 Å². The Hall–Kier alpha value is -4.45. The summed E-state index contributed by atoms with van der Waals surface area (Å²) in [4.78, 5) is 17.8. The van der Waals surface area contributed by atoms with E-state index in [4.69, 9.17) is 0 Å². The first kappa shape index (κ1) is 27.1. The molecule has 1 unspecified atom stereocenters. The average molecular weight is 537 g/mol. The number of phenolic OH excluding ortho intramolecular Hbond substituents is 2. The fourth-order valence-electron chi connectivity index (χ4n) is 5.57. The number of ketones is 1. The van der Waals surface area contributed by atoms with Crippen LogP contribution in [0.2, 0.25) is 0 Å². The first-order chi connectivity index (χ1) is 19.2. The van der Waals surface area contributed by atoms with Gasteiger partial charge in [0.1, 0.15) is 17.3 Å². The van der Waals surface area contributed by atoms with Gasteiger partial charge in [-0.2, -0.15) is 0 Å². The monoisotopic (exact) mass is 536 g/mol. The number of hydrogen-bond donors (Lipinski definition) is 3. The number of fused-ring (bicyclic) bond motifs is 1. The van der Waals surface area contributed by atoms with Gasteiger partial charge in [-0.05, 0) is 35.4 Å². The van der Waals surface area contributed by atoms with E-state index < -0.39 is 6.04 Å². The standard InChI is InChI=1S/C34H36N2O4/c1-21(2)19-35(20-22(3)4)25-17-28(37)30(29(38)18-25)31-33(39)32(34(31)40)36(24-13-6-5-7-14-24)27-16-10-12-23-11-8-9-15-26(23)27/h5-18,21-22,32,37-39H,19-20H2,1-4H3. The van der Waals surface area contributed by atoms with Gasteiger partial charge in [-0.1, -0.05) is 82.3 Å². The molecule has 0 amide bonds. The summed E-state index contributed by atoms with van der Waals surface area (Å²) in [5.41, 5.74) is 2.08. The van der Waals surface area contributed by atoms with Gasteiger partial charge in [0.25, 0.3) is 0 Å². The third-order valence-corrected chi connectivity index (χ3v) is 7.20. The van der Waals surface area contributed by atoms with Gasteiger partial charge >= 0.3 is 0 Å². The first-order valence-electron chi connectivity index (χ1n) is 13.8. The number of benzene rings is 4. The van der Waals surface area contributed by atoms with Gasteiger partial charge in [-0.25, -0.2) is 0 Å². The molecule has 1 aliphatic rings. The van der Waals surface area contributed by atoms with Crippen LogP contribution >= 0.6 is 0 Å². The van der Waals surface area contributed by atoms with Crippen molar-refractivity contribution in [1.82, 2.24) is 0 Å². The number of nitrogens with zero attached hydrogens (tertiary/aromatic N) is 2. The predicted octanol–water partition coefficient (Wildman–Crippen LogP) is 7.43. The highest BCUT2D eigenvalue weighted by Gasteiger charge is 2.47. The van der Waals surface area contributed by atoms with Gasteiger partial charge in [0.05, 0.1) is 16.8 Å². The second-order valence-corrected chi connectivity index (χ2v) is 11.3. The van der Waals surface area contributed by atoms with E-state index in [-0.39, 0.29) is 34.2 Å². The molecule has 0 saturated heterocycles. The van der Waals surface area contributed by atoms with E-state index in [1.54, 1.807) is 12.1 Å². The Morgan fingerprint density at radius 1 is 0.725 bits per heavy atom. The molecule has 0 bridgehead atoms. The van der Waals surface area contributed by atoms with Crippen LogP contribution in [-0.4, -0.2) is 40.2 Å². The normalized spacial score (nSPS) is 15.2. The molecule has 4 aromatic carbocycles. The fraction of sp³-hybridized carbons (Fsp3) is 0.265. The summed E-state index contributed by atoms with van der Waals surface area (Å²) in [7, 11) is 0. The smallest absolute Gasteiger partial charge is 0.197 e. The van der Waals surface area contributed by atoms with Gasteiger partial charge in [-0.3, -0.25) is 4.79 Å². The molecule has 206 valence electrons. The lowest BCUT2D eigenvalue weighted by molar-refractivity contribution is -0.116. The first-order valence-corrected chi connectivity index (χ1v) is 13.8. The summed E-state index contributed by atoms with van der Waals surface area (Å²) in [6, 6.07) is 25.3. The zero-order valence-electron chi connectivity index (χ0n) is 23.4.